The number of thiophene rings is 1. The van der Waals surface area contributed by atoms with Crippen molar-refractivity contribution in [2.45, 2.75) is 25.8 Å². The molecule has 3 heteroatoms. The zero-order valence-electron chi connectivity index (χ0n) is 11.5. The molecule has 0 spiro atoms. The van der Waals surface area contributed by atoms with Crippen molar-refractivity contribution in [2.24, 2.45) is 4.99 Å². The van der Waals surface area contributed by atoms with E-state index < -0.39 is 0 Å². The summed E-state index contributed by atoms with van der Waals surface area (Å²) in [4.78, 5) is 6.00. The number of ether oxygens (including phenoxy) is 1. The lowest BCUT2D eigenvalue weighted by molar-refractivity contribution is 0.418. The molecule has 2 nitrogen and oxygen atoms in total. The fourth-order valence-corrected chi connectivity index (χ4v) is 3.01. The van der Waals surface area contributed by atoms with E-state index in [9.17, 15) is 0 Å². The second-order valence-corrected chi connectivity index (χ2v) is 5.89. The SMILES string of the molecule is C=C1OC(c2cccc(CC)c2)=NC1Cc1cccs1. The second-order valence-electron chi connectivity index (χ2n) is 4.86. The first-order valence-corrected chi connectivity index (χ1v) is 7.70. The predicted octanol–water partition coefficient (Wildman–Crippen LogP) is 4.21. The minimum atomic E-state index is 0.0360. The van der Waals surface area contributed by atoms with Crippen LogP contribution in [0.5, 0.6) is 0 Å². The van der Waals surface area contributed by atoms with Crippen LogP contribution in [0.2, 0.25) is 0 Å². The normalized spacial score (nSPS) is 17.9. The van der Waals surface area contributed by atoms with Gasteiger partial charge in [-0.05, 0) is 35.6 Å². The van der Waals surface area contributed by atoms with E-state index in [-0.39, 0.29) is 6.04 Å². The third-order valence-electron chi connectivity index (χ3n) is 3.43. The van der Waals surface area contributed by atoms with Crippen molar-refractivity contribution in [1.29, 1.82) is 0 Å². The molecule has 0 aliphatic carbocycles. The van der Waals surface area contributed by atoms with E-state index >= 15 is 0 Å². The van der Waals surface area contributed by atoms with Crippen LogP contribution in [0.25, 0.3) is 0 Å². The van der Waals surface area contributed by atoms with Gasteiger partial charge in [-0.3, -0.25) is 0 Å². The zero-order valence-corrected chi connectivity index (χ0v) is 12.3. The smallest absolute Gasteiger partial charge is 0.222 e. The molecule has 20 heavy (non-hydrogen) atoms. The van der Waals surface area contributed by atoms with Crippen molar-refractivity contribution in [1.82, 2.24) is 0 Å². The van der Waals surface area contributed by atoms with E-state index in [1.165, 1.54) is 10.4 Å². The highest BCUT2D eigenvalue weighted by molar-refractivity contribution is 7.09. The number of hydrogen-bond acceptors (Lipinski definition) is 3. The van der Waals surface area contributed by atoms with Gasteiger partial charge in [0.15, 0.2) is 0 Å². The fraction of sp³-hybridized carbons (Fsp3) is 0.235. The van der Waals surface area contributed by atoms with Crippen LogP contribution in [0.4, 0.5) is 0 Å². The van der Waals surface area contributed by atoms with Gasteiger partial charge in [-0.15, -0.1) is 11.3 Å². The average Bonchev–Trinajstić information content (AvgIpc) is 3.10. The first-order chi connectivity index (χ1) is 9.76. The summed E-state index contributed by atoms with van der Waals surface area (Å²) in [7, 11) is 0. The Bertz CT molecular complexity index is 643. The maximum atomic E-state index is 5.77. The highest BCUT2D eigenvalue weighted by Gasteiger charge is 2.25. The van der Waals surface area contributed by atoms with Crippen molar-refractivity contribution in [2.75, 3.05) is 0 Å². The standard InChI is InChI=1S/C17H17NOS/c1-3-13-6-4-7-14(10-13)17-18-16(12(2)19-17)11-15-8-5-9-20-15/h4-10,16H,2-3,11H2,1H3. The molecule has 0 amide bonds. The Hall–Kier alpha value is -1.87. The highest BCUT2D eigenvalue weighted by Crippen LogP contribution is 2.25. The topological polar surface area (TPSA) is 21.6 Å². The maximum Gasteiger partial charge on any atom is 0.222 e. The summed E-state index contributed by atoms with van der Waals surface area (Å²) >= 11 is 1.75. The van der Waals surface area contributed by atoms with Gasteiger partial charge in [-0.2, -0.15) is 0 Å². The highest BCUT2D eigenvalue weighted by atomic mass is 32.1. The minimum Gasteiger partial charge on any atom is -0.441 e. The lowest BCUT2D eigenvalue weighted by atomic mass is 10.1. The Morgan fingerprint density at radius 2 is 2.20 bits per heavy atom. The molecule has 1 aliphatic rings. The van der Waals surface area contributed by atoms with Crippen molar-refractivity contribution in [3.8, 4) is 0 Å². The van der Waals surface area contributed by atoms with Crippen LogP contribution >= 0.6 is 11.3 Å². The van der Waals surface area contributed by atoms with Crippen LogP contribution in [0.15, 0.2) is 59.1 Å². The van der Waals surface area contributed by atoms with Crippen LogP contribution in [0, 0.1) is 0 Å². The first kappa shape index (κ1) is 13.1. The molecule has 0 radical (unpaired) electrons. The van der Waals surface area contributed by atoms with E-state index in [0.29, 0.717) is 5.90 Å². The third-order valence-corrected chi connectivity index (χ3v) is 4.33. The van der Waals surface area contributed by atoms with E-state index in [0.717, 1.165) is 24.2 Å². The van der Waals surface area contributed by atoms with Crippen LogP contribution in [0.1, 0.15) is 22.9 Å². The molecule has 0 bridgehead atoms. The first-order valence-electron chi connectivity index (χ1n) is 6.82. The molecule has 1 aromatic heterocycles. The Morgan fingerprint density at radius 3 is 2.95 bits per heavy atom. The van der Waals surface area contributed by atoms with E-state index in [4.69, 9.17) is 9.73 Å². The number of rotatable bonds is 4. The molecule has 1 aromatic carbocycles. The Balaban J connectivity index is 1.82. The molecule has 3 rings (SSSR count). The summed E-state index contributed by atoms with van der Waals surface area (Å²) in [6.45, 7) is 6.15. The summed E-state index contributed by atoms with van der Waals surface area (Å²) in [6.07, 6.45) is 1.88. The molecule has 1 unspecified atom stereocenters. The summed E-state index contributed by atoms with van der Waals surface area (Å²) in [5.74, 6) is 1.45. The van der Waals surface area contributed by atoms with Crippen molar-refractivity contribution in [3.05, 3.63) is 70.1 Å². The van der Waals surface area contributed by atoms with Gasteiger partial charge < -0.3 is 4.74 Å². The average molecular weight is 283 g/mol. The summed E-state index contributed by atoms with van der Waals surface area (Å²) in [5, 5.41) is 2.09. The monoisotopic (exact) mass is 283 g/mol. The third kappa shape index (κ3) is 2.68. The van der Waals surface area contributed by atoms with Crippen molar-refractivity contribution >= 4 is 17.2 Å². The van der Waals surface area contributed by atoms with E-state index in [2.05, 4.69) is 49.2 Å². The molecule has 102 valence electrons. The molecule has 0 saturated carbocycles. The summed E-state index contributed by atoms with van der Waals surface area (Å²) < 4.78 is 5.77. The molecule has 2 aromatic rings. The minimum absolute atomic E-state index is 0.0360. The zero-order chi connectivity index (χ0) is 13.9. The number of hydrogen-bond donors (Lipinski definition) is 0. The summed E-state index contributed by atoms with van der Waals surface area (Å²) in [5.41, 5.74) is 2.33. The van der Waals surface area contributed by atoms with Crippen LogP contribution < -0.4 is 0 Å². The van der Waals surface area contributed by atoms with Gasteiger partial charge >= 0.3 is 0 Å². The Kier molecular flexibility index (Phi) is 3.70. The van der Waals surface area contributed by atoms with Crippen molar-refractivity contribution < 1.29 is 4.74 Å². The van der Waals surface area contributed by atoms with Gasteiger partial charge in [0.05, 0.1) is 0 Å². The Morgan fingerprint density at radius 1 is 1.30 bits per heavy atom. The summed E-state index contributed by atoms with van der Waals surface area (Å²) in [6, 6.07) is 12.6. The maximum absolute atomic E-state index is 5.77. The quantitative estimate of drug-likeness (QED) is 0.823. The molecule has 0 fully saturated rings. The lowest BCUT2D eigenvalue weighted by Gasteiger charge is -2.05. The van der Waals surface area contributed by atoms with Gasteiger partial charge in [-0.1, -0.05) is 31.7 Å². The van der Waals surface area contributed by atoms with E-state index in [1.807, 2.05) is 6.07 Å². The number of aryl methyl sites for hydroxylation is 1. The largest absolute Gasteiger partial charge is 0.441 e. The molecular formula is C17H17NOS. The number of nitrogens with zero attached hydrogens (tertiary/aromatic N) is 1. The lowest BCUT2D eigenvalue weighted by Crippen LogP contribution is -2.06. The Labute approximate surface area is 123 Å². The molecule has 1 aliphatic heterocycles. The molecular weight excluding hydrogens is 266 g/mol. The molecule has 2 heterocycles. The second kappa shape index (κ2) is 5.63. The van der Waals surface area contributed by atoms with Crippen LogP contribution in [-0.4, -0.2) is 11.9 Å². The number of aliphatic imine (C=N–C) groups is 1. The van der Waals surface area contributed by atoms with E-state index in [1.54, 1.807) is 11.3 Å². The predicted molar refractivity (Wildman–Crippen MR) is 84.4 cm³/mol. The number of benzene rings is 1. The van der Waals surface area contributed by atoms with Crippen LogP contribution in [0.3, 0.4) is 0 Å². The van der Waals surface area contributed by atoms with Gasteiger partial charge in [0.1, 0.15) is 11.8 Å². The fourth-order valence-electron chi connectivity index (χ4n) is 2.27. The molecule has 1 atom stereocenters. The van der Waals surface area contributed by atoms with Gasteiger partial charge in [0.2, 0.25) is 5.90 Å². The molecule has 0 N–H and O–H groups in total. The van der Waals surface area contributed by atoms with Gasteiger partial charge in [0.25, 0.3) is 0 Å². The van der Waals surface area contributed by atoms with Crippen molar-refractivity contribution in [3.63, 3.8) is 0 Å². The van der Waals surface area contributed by atoms with Gasteiger partial charge in [-0.25, -0.2) is 4.99 Å². The van der Waals surface area contributed by atoms with Crippen LogP contribution in [-0.2, 0) is 17.6 Å². The molecule has 0 saturated heterocycles. The van der Waals surface area contributed by atoms with Gasteiger partial charge in [0, 0.05) is 16.9 Å².